The number of aliphatic hydroxyl groups is 29. The summed E-state index contributed by atoms with van der Waals surface area (Å²) in [6.45, 7) is -2.86. The molecule has 56 heteroatoms. The zero-order valence-electron chi connectivity index (χ0n) is 73.4. The Morgan fingerprint density at radius 1 is 0.306 bits per heavy atom. The van der Waals surface area contributed by atoms with Gasteiger partial charge >= 0.3 is 11.9 Å². The Morgan fingerprint density at radius 3 is 1.01 bits per heavy atom. The highest BCUT2D eigenvalue weighted by Crippen LogP contribution is 2.45. The van der Waals surface area contributed by atoms with E-state index in [1.807, 2.05) is 0 Å². The summed E-state index contributed by atoms with van der Waals surface area (Å²) in [6, 6.07) is -3.12. The van der Waals surface area contributed by atoms with Gasteiger partial charge in [-0.3, -0.25) is 0 Å². The van der Waals surface area contributed by atoms with Crippen LogP contribution >= 0.6 is 0 Å². The van der Waals surface area contributed by atoms with Gasteiger partial charge in [0.2, 0.25) is 0 Å². The van der Waals surface area contributed by atoms with E-state index in [1.165, 1.54) is 27.7 Å². The minimum absolute atomic E-state index is 0.578. The summed E-state index contributed by atoms with van der Waals surface area (Å²) >= 11 is 0. The Balaban J connectivity index is 0.829. The molecule has 11 rings (SSSR count). The van der Waals surface area contributed by atoms with Gasteiger partial charge in [-0.15, -0.1) is 0 Å². The molecule has 0 aliphatic carbocycles. The van der Waals surface area contributed by atoms with Crippen LogP contribution in [-0.2, 0) is 109 Å². The number of carboxylic acids is 2. The molecule has 25 unspecified atom stereocenters. The minimum Gasteiger partial charge on any atom is -0.477 e. The van der Waals surface area contributed by atoms with Crippen molar-refractivity contribution in [2.24, 2.45) is 41.1 Å². The average molecular weight is 1960 g/mol. The molecular weight excluding hydrogens is 1830 g/mol. The standard InChI is InChI=1S/C78H134N2O54/c1-20-25(6)117-32(13-85)58(42(20)94)126-67-22(3)43(95)61(35(16-88)120-67)129-72-57(109)64(130-74-66(54(106)49(101)31(12-84)119-74)132-69-24(5)45(97)59(33(14-86)122-69)127-70-55(107)41(93)21(2)36(123-70)18-115-77(75(110)111)7-26(89)39(79)62(133-77)46(98)28(91)9-81)51(103)37(124-72)17-114-73-65(53(105)48(100)30(11-83)118-73)131-68-23(4)44(96)60(34(15-87)121-68)128-71-56(108)52(104)50(102)38(125-71)19-116-78(76(112)113)8-27(90)40(80)63(134-78)47(99)29(92)10-82/h20-74,81-109H,7-19,79-80H2,1-6H3,(H,110,111)(H,112,113)/t20-,21+,22+,23?,24+,25+,26-,27-,28?,29?,30?,31-,32?,33?,34+,35?,36?,37?,38?,39-,40-,41?,42?,43?,44?,45?,46?,47?,48-,49-,50+,51-,52+,53?,54?,55+,56?,57-,58-,59-,60-,61-,62?,63?,64?,65-,66?,67+,68+,69+,70+,71?,72+,73+,74-,77-,78-/m1/s1. The van der Waals surface area contributed by atoms with Crippen LogP contribution in [0.15, 0.2) is 0 Å². The third kappa shape index (κ3) is 23.1. The predicted octanol–water partition coefficient (Wildman–Crippen LogP) is -19.2. The molecule has 0 spiro atoms. The number of aliphatic carboxylic acids is 2. The molecule has 11 saturated heterocycles. The molecule has 0 radical (unpaired) electrons. The maximum atomic E-state index is 12.9. The monoisotopic (exact) mass is 1960 g/mol. The largest absolute Gasteiger partial charge is 0.477 e. The summed E-state index contributed by atoms with van der Waals surface area (Å²) in [7, 11) is 0. The van der Waals surface area contributed by atoms with E-state index in [0.29, 0.717) is 0 Å². The van der Waals surface area contributed by atoms with Gasteiger partial charge in [0.15, 0.2) is 50.3 Å². The van der Waals surface area contributed by atoms with Crippen LogP contribution < -0.4 is 11.5 Å². The first-order valence-electron chi connectivity index (χ1n) is 44.1. The first kappa shape index (κ1) is 111. The number of aliphatic hydroxyl groups excluding tert-OH is 29. The summed E-state index contributed by atoms with van der Waals surface area (Å²) in [6.07, 6.45) is -94.3. The maximum absolute atomic E-state index is 12.9. The van der Waals surface area contributed by atoms with E-state index < -0.39 is 445 Å². The molecule has 780 valence electrons. The van der Waals surface area contributed by atoms with Crippen molar-refractivity contribution in [3.63, 3.8) is 0 Å². The Hall–Kier alpha value is -3.14. The number of carboxylic acid groups (broad SMARTS) is 2. The zero-order valence-corrected chi connectivity index (χ0v) is 73.4. The van der Waals surface area contributed by atoms with Gasteiger partial charge < -0.3 is 269 Å². The first-order valence-corrected chi connectivity index (χ1v) is 44.1. The second-order valence-corrected chi connectivity index (χ2v) is 36.1. The van der Waals surface area contributed by atoms with E-state index >= 15 is 0 Å². The highest BCUT2D eigenvalue weighted by Gasteiger charge is 2.63. The topological polar surface area (TPSA) is 907 Å². The minimum atomic E-state index is -2.96. The van der Waals surface area contributed by atoms with E-state index in [1.54, 1.807) is 13.8 Å². The summed E-state index contributed by atoms with van der Waals surface area (Å²) in [4.78, 5) is 25.7. The second-order valence-electron chi connectivity index (χ2n) is 36.1. The zero-order chi connectivity index (χ0) is 99.0. The molecule has 11 heterocycles. The molecule has 0 aromatic rings. The van der Waals surface area contributed by atoms with E-state index in [0.717, 1.165) is 0 Å². The third-order valence-electron chi connectivity index (χ3n) is 27.2. The van der Waals surface area contributed by atoms with Crippen molar-refractivity contribution in [2.75, 3.05) is 72.7 Å². The molecule has 0 saturated carbocycles. The Labute approximate surface area is 763 Å². The number of hydrogen-bond donors (Lipinski definition) is 33. The maximum Gasteiger partial charge on any atom is 0.364 e. The fourth-order valence-electron chi connectivity index (χ4n) is 18.2. The van der Waals surface area contributed by atoms with Crippen LogP contribution in [0.4, 0.5) is 0 Å². The summed E-state index contributed by atoms with van der Waals surface area (Å²) in [5.41, 5.74) is 12.0. The van der Waals surface area contributed by atoms with Crippen molar-refractivity contribution >= 4 is 11.9 Å². The molecule has 0 aromatic carbocycles. The first-order chi connectivity index (χ1) is 63.2. The van der Waals surface area contributed by atoms with Gasteiger partial charge in [-0.25, -0.2) is 9.59 Å². The van der Waals surface area contributed by atoms with Gasteiger partial charge in [-0.1, -0.05) is 34.6 Å². The molecule has 0 bridgehead atoms. The second kappa shape index (κ2) is 47.1. The van der Waals surface area contributed by atoms with E-state index in [9.17, 15) is 168 Å². The van der Waals surface area contributed by atoms with E-state index in [4.69, 9.17) is 111 Å². The highest BCUT2D eigenvalue weighted by atomic mass is 16.8. The van der Waals surface area contributed by atoms with Crippen molar-refractivity contribution in [1.29, 1.82) is 0 Å². The number of ether oxygens (including phenoxy) is 21. The molecule has 35 N–H and O–H groups in total. The summed E-state index contributed by atoms with van der Waals surface area (Å²) in [5, 5.41) is 344. The normalized spacial score (nSPS) is 50.9. The smallest absolute Gasteiger partial charge is 0.364 e. The lowest BCUT2D eigenvalue weighted by Gasteiger charge is -2.51. The molecule has 0 aromatic heterocycles. The summed E-state index contributed by atoms with van der Waals surface area (Å²) < 4.78 is 126. The Kier molecular flexibility index (Phi) is 39.1. The van der Waals surface area contributed by atoms with Gasteiger partial charge in [0.25, 0.3) is 11.6 Å². The molecule has 56 nitrogen and oxygen atoms in total. The van der Waals surface area contributed by atoms with Crippen LogP contribution in [-0.4, -0.2) is 561 Å². The fourth-order valence-corrected chi connectivity index (χ4v) is 18.2. The van der Waals surface area contributed by atoms with Gasteiger partial charge in [0.1, 0.15) is 189 Å². The molecule has 11 aliphatic heterocycles. The lowest BCUT2D eigenvalue weighted by atomic mass is 9.88. The van der Waals surface area contributed by atoms with Crippen LogP contribution in [0.25, 0.3) is 0 Å². The third-order valence-corrected chi connectivity index (χ3v) is 27.2. The van der Waals surface area contributed by atoms with Gasteiger partial charge in [0, 0.05) is 42.4 Å². The fraction of sp³-hybridized carbons (Fsp3) is 0.974. The van der Waals surface area contributed by atoms with Crippen LogP contribution in [0, 0.1) is 29.6 Å². The van der Waals surface area contributed by atoms with Crippen molar-refractivity contribution in [3.05, 3.63) is 0 Å². The van der Waals surface area contributed by atoms with Crippen molar-refractivity contribution < 1.29 is 267 Å². The average Bonchev–Trinajstić information content (AvgIpc) is 0.770. The molecule has 57 atom stereocenters. The van der Waals surface area contributed by atoms with E-state index in [-0.39, 0.29) is 0 Å². The number of hydrogen-bond acceptors (Lipinski definition) is 54. The lowest BCUT2D eigenvalue weighted by molar-refractivity contribution is -0.402. The quantitative estimate of drug-likeness (QED) is 0.0275. The predicted molar refractivity (Wildman–Crippen MR) is 420 cm³/mol. The molecule has 134 heavy (non-hydrogen) atoms. The molecular formula is C78H134N2O54. The van der Waals surface area contributed by atoms with Crippen LogP contribution in [0.3, 0.4) is 0 Å². The van der Waals surface area contributed by atoms with Gasteiger partial charge in [-0.05, 0) is 6.92 Å². The van der Waals surface area contributed by atoms with Gasteiger partial charge in [0.05, 0.1) is 140 Å². The number of nitrogens with two attached hydrogens (primary N) is 2. The number of rotatable bonds is 37. The Morgan fingerprint density at radius 2 is 0.612 bits per heavy atom. The molecule has 11 fully saturated rings. The van der Waals surface area contributed by atoms with Crippen molar-refractivity contribution in [2.45, 2.75) is 373 Å². The van der Waals surface area contributed by atoms with Gasteiger partial charge in [-0.2, -0.15) is 0 Å². The van der Waals surface area contributed by atoms with Crippen LogP contribution in [0.1, 0.15) is 54.4 Å². The SMILES string of the molecule is CC1C(O)[C@H](OC2OC(CO[C@]3(C(=O)O)C[C@@H](O)[C@@H](N)C(C(O)C(O)CO)O3)[C@H](O)[C@H](O)C2O)[C@H](CO)O[C@H]1O[C@@H]1C(O)[C@H](O)C(CO)O[C@@H]1OCC1O[C@@H](O[C@@H]2C(CO)O[C@@H](O[C@@H]3C(CO)O[C@@H](C)[C@@H](C)C3O)[C@@H](C)C2O)[C@H](O)C(O[C@H]2O[C@H](CO)[C@@H](O)C(O)C2O[C@@H]2OC(CO)[C@@H](O[C@@H]3OC(CO[C@]4(C(=O)O)C[C@@H](O)[C@@H](N)C(C(O)C(O)CO)O4)[C@H](C)C(O)[C@@H]3O)C(O)[C@@H]2C)[C@@H]1O. The Bertz CT molecular complexity index is 3610. The van der Waals surface area contributed by atoms with Crippen molar-refractivity contribution in [1.82, 2.24) is 0 Å². The highest BCUT2D eigenvalue weighted by molar-refractivity contribution is 5.76. The van der Waals surface area contributed by atoms with Crippen molar-refractivity contribution in [3.8, 4) is 0 Å². The number of carbonyl (C=O) groups is 2. The van der Waals surface area contributed by atoms with Crippen LogP contribution in [0.2, 0.25) is 0 Å². The summed E-state index contributed by atoms with van der Waals surface area (Å²) in [5.74, 6) is -15.6. The van der Waals surface area contributed by atoms with E-state index in [2.05, 4.69) is 0 Å². The molecule has 11 aliphatic rings. The van der Waals surface area contributed by atoms with Crippen LogP contribution in [0.5, 0.6) is 0 Å². The molecule has 0 amide bonds. The lowest BCUT2D eigenvalue weighted by Crippen LogP contribution is -2.68.